The molecule has 0 aliphatic heterocycles. The van der Waals surface area contributed by atoms with Crippen LogP contribution in [0.3, 0.4) is 0 Å². The van der Waals surface area contributed by atoms with Crippen LogP contribution in [0.4, 0.5) is 0 Å². The van der Waals surface area contributed by atoms with E-state index in [-0.39, 0.29) is 0 Å². The fourth-order valence-electron chi connectivity index (χ4n) is 1.89. The summed E-state index contributed by atoms with van der Waals surface area (Å²) in [5, 5.41) is 10.1. The first-order chi connectivity index (χ1) is 9.39. The van der Waals surface area contributed by atoms with E-state index in [2.05, 4.69) is 15.9 Å². The Morgan fingerprint density at radius 2 is 1.45 bits per heavy atom. The van der Waals surface area contributed by atoms with Gasteiger partial charge >= 0.3 is 0 Å². The Morgan fingerprint density at radius 3 is 1.95 bits per heavy atom. The average molecular weight is 355 g/mol. The van der Waals surface area contributed by atoms with Crippen molar-refractivity contribution in [1.29, 1.82) is 0 Å². The summed E-state index contributed by atoms with van der Waals surface area (Å²) in [5.74, 6) is 0. The number of hydrogen-bond acceptors (Lipinski definition) is 3. The molecule has 0 aromatic heterocycles. The largest absolute Gasteiger partial charge is 0.386 e. The van der Waals surface area contributed by atoms with Gasteiger partial charge in [0.15, 0.2) is 9.84 Å². The van der Waals surface area contributed by atoms with Gasteiger partial charge in [-0.1, -0.05) is 70.5 Å². The summed E-state index contributed by atoms with van der Waals surface area (Å²) < 4.78 is 21.9. The van der Waals surface area contributed by atoms with Gasteiger partial charge in [-0.05, 0) is 16.7 Å². The molecule has 5 heteroatoms. The van der Waals surface area contributed by atoms with Crippen molar-refractivity contribution in [2.45, 2.75) is 10.3 Å². The lowest BCUT2D eigenvalue weighted by atomic mass is 10.0. The first-order valence-electron chi connectivity index (χ1n) is 6.06. The minimum absolute atomic E-state index is 0.567. The molecular formula is C15H15BrO3S. The molecule has 0 radical (unpaired) electrons. The quantitative estimate of drug-likeness (QED) is 0.858. The van der Waals surface area contributed by atoms with E-state index < -0.39 is 20.1 Å². The molecule has 0 saturated carbocycles. The molecule has 1 N–H and O–H groups in total. The smallest absolute Gasteiger partial charge is 0.163 e. The van der Waals surface area contributed by atoms with E-state index in [0.717, 1.165) is 17.4 Å². The Balaban J connectivity index is 2.25. The molecule has 0 spiro atoms. The lowest BCUT2D eigenvalue weighted by Gasteiger charge is -2.16. The highest BCUT2D eigenvalue weighted by molar-refractivity contribution is 9.11. The third kappa shape index (κ3) is 3.48. The van der Waals surface area contributed by atoms with Crippen LogP contribution >= 0.6 is 15.9 Å². The van der Waals surface area contributed by atoms with Gasteiger partial charge in [-0.15, -0.1) is 0 Å². The van der Waals surface area contributed by atoms with Gasteiger partial charge in [0, 0.05) is 6.26 Å². The predicted molar refractivity (Wildman–Crippen MR) is 84.4 cm³/mol. The summed E-state index contributed by atoms with van der Waals surface area (Å²) in [4.78, 5) is 0. The second kappa shape index (κ2) is 6.08. The van der Waals surface area contributed by atoms with Gasteiger partial charge < -0.3 is 5.11 Å². The van der Waals surface area contributed by atoms with Crippen LogP contribution in [0.15, 0.2) is 54.6 Å². The van der Waals surface area contributed by atoms with Crippen LogP contribution in [-0.4, -0.2) is 23.9 Å². The maximum absolute atomic E-state index is 11.4. The van der Waals surface area contributed by atoms with Gasteiger partial charge in [0.2, 0.25) is 0 Å². The molecule has 20 heavy (non-hydrogen) atoms. The Bertz CT molecular complexity index is 666. The van der Waals surface area contributed by atoms with Crippen molar-refractivity contribution in [3.63, 3.8) is 0 Å². The number of aliphatic hydroxyl groups is 1. The van der Waals surface area contributed by atoms with Crippen LogP contribution in [-0.2, 0) is 9.84 Å². The van der Waals surface area contributed by atoms with Gasteiger partial charge in [-0.2, -0.15) is 0 Å². The second-order valence-electron chi connectivity index (χ2n) is 4.61. The van der Waals surface area contributed by atoms with Gasteiger partial charge in [0.25, 0.3) is 0 Å². The monoisotopic (exact) mass is 354 g/mol. The van der Waals surface area contributed by atoms with Crippen LogP contribution in [0, 0.1) is 0 Å². The number of alkyl halides is 1. The summed E-state index contributed by atoms with van der Waals surface area (Å²) in [5.41, 5.74) is 2.66. The van der Waals surface area contributed by atoms with Gasteiger partial charge in [-0.3, -0.25) is 0 Å². The molecule has 0 amide bonds. The normalized spacial score (nSPS) is 14.8. The number of hydrogen-bond donors (Lipinski definition) is 1. The molecule has 2 aromatic rings. The van der Waals surface area contributed by atoms with E-state index in [1.807, 2.05) is 42.5 Å². The number of sulfone groups is 1. The minimum Gasteiger partial charge on any atom is -0.386 e. The number of aliphatic hydroxyl groups excluding tert-OH is 1. The molecule has 0 bridgehead atoms. The van der Waals surface area contributed by atoms with Gasteiger partial charge in [0.05, 0.1) is 0 Å². The Labute approximate surface area is 127 Å². The lowest BCUT2D eigenvalue weighted by molar-refractivity contribution is 0.195. The molecule has 0 saturated heterocycles. The summed E-state index contributed by atoms with van der Waals surface area (Å²) in [7, 11) is -3.35. The van der Waals surface area contributed by atoms with E-state index in [0.29, 0.717) is 5.56 Å². The van der Waals surface area contributed by atoms with E-state index in [9.17, 15) is 13.5 Å². The number of rotatable bonds is 4. The number of benzene rings is 2. The fourth-order valence-corrected chi connectivity index (χ4v) is 2.82. The van der Waals surface area contributed by atoms with Crippen LogP contribution in [0.2, 0.25) is 0 Å². The summed E-state index contributed by atoms with van der Waals surface area (Å²) in [6, 6.07) is 17.1. The zero-order chi connectivity index (χ0) is 14.8. The van der Waals surface area contributed by atoms with E-state index >= 15 is 0 Å². The average Bonchev–Trinajstić information content (AvgIpc) is 2.46. The topological polar surface area (TPSA) is 54.4 Å². The fraction of sp³-hybridized carbons (Fsp3) is 0.200. The van der Waals surface area contributed by atoms with Crippen molar-refractivity contribution in [1.82, 2.24) is 0 Å². The van der Waals surface area contributed by atoms with Crippen LogP contribution in [0.25, 0.3) is 11.1 Å². The van der Waals surface area contributed by atoms with E-state index in [4.69, 9.17) is 0 Å². The molecule has 3 nitrogen and oxygen atoms in total. The molecule has 0 aliphatic rings. The van der Waals surface area contributed by atoms with Crippen molar-refractivity contribution in [2.75, 3.05) is 6.26 Å². The van der Waals surface area contributed by atoms with Crippen LogP contribution in [0.5, 0.6) is 0 Å². The van der Waals surface area contributed by atoms with Crippen LogP contribution < -0.4 is 0 Å². The Morgan fingerprint density at radius 1 is 0.950 bits per heavy atom. The third-order valence-electron chi connectivity index (χ3n) is 3.02. The molecule has 2 aromatic carbocycles. The maximum atomic E-state index is 11.4. The van der Waals surface area contributed by atoms with E-state index in [1.54, 1.807) is 12.1 Å². The van der Waals surface area contributed by atoms with Crippen molar-refractivity contribution < 1.29 is 13.5 Å². The van der Waals surface area contributed by atoms with Crippen LogP contribution in [0.1, 0.15) is 11.7 Å². The molecule has 106 valence electrons. The molecule has 0 fully saturated rings. The molecule has 0 aliphatic carbocycles. The predicted octanol–water partition coefficient (Wildman–Crippen LogP) is 3.15. The van der Waals surface area contributed by atoms with Gasteiger partial charge in [-0.25, -0.2) is 8.42 Å². The molecule has 2 rings (SSSR count). The first-order valence-corrected chi connectivity index (χ1v) is 8.93. The molecule has 0 unspecified atom stereocenters. The molecular weight excluding hydrogens is 340 g/mol. The second-order valence-corrected chi connectivity index (χ2v) is 8.37. The highest BCUT2D eigenvalue weighted by atomic mass is 79.9. The highest BCUT2D eigenvalue weighted by Crippen LogP contribution is 2.28. The maximum Gasteiger partial charge on any atom is 0.163 e. The lowest BCUT2D eigenvalue weighted by Crippen LogP contribution is -2.21. The summed E-state index contributed by atoms with van der Waals surface area (Å²) in [6.07, 6.45) is 0.00312. The number of halogens is 1. The Kier molecular flexibility index (Phi) is 4.62. The molecule has 0 heterocycles. The van der Waals surface area contributed by atoms with E-state index in [1.165, 1.54) is 0 Å². The zero-order valence-corrected chi connectivity index (χ0v) is 13.3. The molecule has 2 atom stereocenters. The summed E-state index contributed by atoms with van der Waals surface area (Å²) >= 11 is 3.03. The van der Waals surface area contributed by atoms with Crippen molar-refractivity contribution in [3.8, 4) is 11.1 Å². The highest BCUT2D eigenvalue weighted by Gasteiger charge is 2.27. The summed E-state index contributed by atoms with van der Waals surface area (Å²) in [6.45, 7) is 0. The third-order valence-corrected chi connectivity index (χ3v) is 6.63. The van der Waals surface area contributed by atoms with Crippen molar-refractivity contribution in [3.05, 3.63) is 60.2 Å². The van der Waals surface area contributed by atoms with Gasteiger partial charge in [0.1, 0.15) is 10.3 Å². The SMILES string of the molecule is CS(=O)(=O)[C@H](Br)[C@@H](O)c1ccc(-c2ccccc2)cc1. The van der Waals surface area contributed by atoms with Crippen molar-refractivity contribution >= 4 is 25.8 Å². The Hall–Kier alpha value is -1.17. The first kappa shape index (κ1) is 15.2. The zero-order valence-electron chi connectivity index (χ0n) is 10.9. The standard InChI is InChI=1S/C15H15BrO3S/c1-20(18,19)15(16)14(17)13-9-7-12(8-10-13)11-5-3-2-4-6-11/h2-10,14-15,17H,1H3/t14-,15-/m0/s1. The van der Waals surface area contributed by atoms with Crippen molar-refractivity contribution in [2.24, 2.45) is 0 Å². The minimum atomic E-state index is -3.35.